The molecule has 0 aromatic heterocycles. The molecule has 0 heterocycles. The minimum absolute atomic E-state index is 0.688. The SMILES string of the molecule is B=S(C)(=O)CC. The van der Waals surface area contributed by atoms with E-state index in [1.54, 1.807) is 6.26 Å². The standard InChI is InChI=1S/C3H9BOS/c1-3-6(2,4)5/h4H,3H2,1-2H3. The van der Waals surface area contributed by atoms with E-state index >= 15 is 0 Å². The molecular formula is C3H9BOS. The van der Waals surface area contributed by atoms with Crippen molar-refractivity contribution in [1.29, 1.82) is 0 Å². The molecule has 0 radical (unpaired) electrons. The van der Waals surface area contributed by atoms with Crippen molar-refractivity contribution in [2.24, 2.45) is 0 Å². The van der Waals surface area contributed by atoms with Crippen molar-refractivity contribution in [3.8, 4) is 0 Å². The first-order chi connectivity index (χ1) is 2.56. The van der Waals surface area contributed by atoms with Crippen LogP contribution in [0.5, 0.6) is 0 Å². The molecule has 1 unspecified atom stereocenters. The summed E-state index contributed by atoms with van der Waals surface area (Å²) in [5, 5.41) is 0. The number of rotatable bonds is 1. The zero-order valence-corrected chi connectivity index (χ0v) is 5.05. The molecule has 36 valence electrons. The van der Waals surface area contributed by atoms with Crippen molar-refractivity contribution in [1.82, 2.24) is 0 Å². The van der Waals surface area contributed by atoms with Gasteiger partial charge in [0.1, 0.15) is 0 Å². The van der Waals surface area contributed by atoms with Crippen LogP contribution in [0.4, 0.5) is 0 Å². The normalized spacial score (nSPS) is 19.5. The summed E-state index contributed by atoms with van der Waals surface area (Å²) in [4.78, 5) is 0. The molecule has 3 heteroatoms. The molecule has 0 saturated carbocycles. The molecule has 0 amide bonds. The molecule has 0 saturated heterocycles. The van der Waals surface area contributed by atoms with Gasteiger partial charge in [0.05, 0.1) is 0 Å². The first-order valence-corrected chi connectivity index (χ1v) is 4.16. The van der Waals surface area contributed by atoms with Crippen LogP contribution in [0.2, 0.25) is 0 Å². The van der Waals surface area contributed by atoms with Crippen LogP contribution in [-0.2, 0) is 9.36 Å². The van der Waals surface area contributed by atoms with E-state index < -0.39 is 9.36 Å². The Morgan fingerprint density at radius 2 is 2.00 bits per heavy atom. The van der Waals surface area contributed by atoms with E-state index in [-0.39, 0.29) is 0 Å². The topological polar surface area (TPSA) is 17.1 Å². The second-order valence-corrected chi connectivity index (χ2v) is 4.42. The molecule has 0 bridgehead atoms. The first-order valence-electron chi connectivity index (χ1n) is 1.86. The van der Waals surface area contributed by atoms with Crippen molar-refractivity contribution in [2.45, 2.75) is 6.92 Å². The van der Waals surface area contributed by atoms with Gasteiger partial charge in [-0.25, -0.2) is 0 Å². The second kappa shape index (κ2) is 1.78. The summed E-state index contributed by atoms with van der Waals surface area (Å²) < 4.78 is 10.4. The fourth-order valence-electron chi connectivity index (χ4n) is 0. The predicted molar refractivity (Wildman–Crippen MR) is 31.8 cm³/mol. The van der Waals surface area contributed by atoms with Gasteiger partial charge in [-0.05, 0) is 0 Å². The molecule has 0 spiro atoms. The zero-order chi connectivity index (χ0) is 5.21. The Balaban J connectivity index is 3.85. The van der Waals surface area contributed by atoms with E-state index in [9.17, 15) is 4.21 Å². The zero-order valence-electron chi connectivity index (χ0n) is 4.23. The Labute approximate surface area is 40.0 Å². The van der Waals surface area contributed by atoms with Gasteiger partial charge in [-0.3, -0.25) is 0 Å². The van der Waals surface area contributed by atoms with Gasteiger partial charge in [0.2, 0.25) is 0 Å². The van der Waals surface area contributed by atoms with Crippen LogP contribution in [0.15, 0.2) is 0 Å². The van der Waals surface area contributed by atoms with E-state index in [0.29, 0.717) is 5.75 Å². The summed E-state index contributed by atoms with van der Waals surface area (Å²) in [5.74, 6) is 0.688. The van der Waals surface area contributed by atoms with Crippen LogP contribution in [0.1, 0.15) is 6.92 Å². The summed E-state index contributed by atoms with van der Waals surface area (Å²) >= 11 is 0. The summed E-state index contributed by atoms with van der Waals surface area (Å²) in [7, 11) is -1.66. The molecule has 1 nitrogen and oxygen atoms in total. The van der Waals surface area contributed by atoms with Crippen LogP contribution in [0.3, 0.4) is 0 Å². The molecule has 0 N–H and O–H groups in total. The maximum absolute atomic E-state index is 10.4. The molecule has 0 fully saturated rings. The van der Waals surface area contributed by atoms with Crippen LogP contribution in [-0.4, -0.2) is 22.9 Å². The fourth-order valence-corrected chi connectivity index (χ4v) is 0. The average molecular weight is 104 g/mol. The van der Waals surface area contributed by atoms with Crippen LogP contribution in [0.25, 0.3) is 0 Å². The summed E-state index contributed by atoms with van der Waals surface area (Å²) in [6, 6.07) is 0. The molecule has 0 rings (SSSR count). The van der Waals surface area contributed by atoms with Gasteiger partial charge in [-0.1, -0.05) is 0 Å². The molecule has 0 aromatic rings. The maximum atomic E-state index is 10.4. The van der Waals surface area contributed by atoms with Gasteiger partial charge >= 0.3 is 39.2 Å². The monoisotopic (exact) mass is 104 g/mol. The van der Waals surface area contributed by atoms with E-state index in [1.807, 2.05) is 6.92 Å². The first kappa shape index (κ1) is 6.21. The van der Waals surface area contributed by atoms with Crippen molar-refractivity contribution < 1.29 is 4.21 Å². The van der Waals surface area contributed by atoms with Crippen molar-refractivity contribution >= 4 is 16.1 Å². The van der Waals surface area contributed by atoms with Gasteiger partial charge in [0, 0.05) is 0 Å². The molecule has 0 aromatic carbocycles. The Hall–Kier alpha value is 0.215. The van der Waals surface area contributed by atoms with Gasteiger partial charge < -0.3 is 0 Å². The molecule has 0 aliphatic heterocycles. The third kappa shape index (κ3) is 4.21. The average Bonchev–Trinajstić information content (AvgIpc) is 1.35. The van der Waals surface area contributed by atoms with Crippen molar-refractivity contribution in [2.75, 3.05) is 12.0 Å². The second-order valence-electron chi connectivity index (χ2n) is 1.47. The Morgan fingerprint density at radius 3 is 2.00 bits per heavy atom. The minimum atomic E-state index is -1.66. The molecule has 6 heavy (non-hydrogen) atoms. The molecule has 1 atom stereocenters. The Bertz CT molecular complexity index is 113. The van der Waals surface area contributed by atoms with Crippen LogP contribution >= 0.6 is 0 Å². The fraction of sp³-hybridized carbons (Fsp3) is 1.00. The van der Waals surface area contributed by atoms with E-state index in [2.05, 4.69) is 6.72 Å². The number of hydrogen-bond acceptors (Lipinski definition) is 1. The van der Waals surface area contributed by atoms with E-state index in [0.717, 1.165) is 0 Å². The van der Waals surface area contributed by atoms with Gasteiger partial charge in [0.15, 0.2) is 0 Å². The Morgan fingerprint density at radius 1 is 1.83 bits per heavy atom. The third-order valence-electron chi connectivity index (χ3n) is 0.611. The van der Waals surface area contributed by atoms with E-state index in [1.165, 1.54) is 0 Å². The van der Waals surface area contributed by atoms with Crippen molar-refractivity contribution in [3.63, 3.8) is 0 Å². The molecular weight excluding hydrogens is 94.9 g/mol. The van der Waals surface area contributed by atoms with Crippen LogP contribution in [0, 0.1) is 0 Å². The van der Waals surface area contributed by atoms with Crippen LogP contribution < -0.4 is 0 Å². The Kier molecular flexibility index (Phi) is 1.84. The quantitative estimate of drug-likeness (QED) is 0.419. The van der Waals surface area contributed by atoms with Crippen molar-refractivity contribution in [3.05, 3.63) is 0 Å². The van der Waals surface area contributed by atoms with Gasteiger partial charge in [-0.2, -0.15) is 0 Å². The van der Waals surface area contributed by atoms with Gasteiger partial charge in [0.25, 0.3) is 0 Å². The molecule has 0 aliphatic carbocycles. The summed E-state index contributed by atoms with van der Waals surface area (Å²) in [5.41, 5.74) is 0. The summed E-state index contributed by atoms with van der Waals surface area (Å²) in [6.07, 6.45) is 1.66. The predicted octanol–water partition coefficient (Wildman–Crippen LogP) is -0.264. The van der Waals surface area contributed by atoms with Gasteiger partial charge in [-0.15, -0.1) is 0 Å². The number of hydrogen-bond donors (Lipinski definition) is 0. The molecule has 0 aliphatic rings. The summed E-state index contributed by atoms with van der Waals surface area (Å²) in [6.45, 7) is 5.29. The van der Waals surface area contributed by atoms with E-state index in [4.69, 9.17) is 0 Å². The third-order valence-corrected chi connectivity index (χ3v) is 1.83.